The highest BCUT2D eigenvalue weighted by atomic mass is 33.1. The maximum Gasteiger partial charge on any atom is 0.320 e. The van der Waals surface area contributed by atoms with E-state index in [1.165, 1.54) is 5.56 Å². The maximum atomic E-state index is 10.4. The summed E-state index contributed by atoms with van der Waals surface area (Å²) >= 11 is 1.84. The molecule has 0 atom stereocenters. The van der Waals surface area contributed by atoms with Gasteiger partial charge in [-0.25, -0.2) is 0 Å². The monoisotopic (exact) mass is 322 g/mol. The summed E-state index contributed by atoms with van der Waals surface area (Å²) in [5, 5.41) is 5.99. The van der Waals surface area contributed by atoms with Gasteiger partial charge in [-0.3, -0.25) is 9.87 Å². The molecule has 0 aromatic heterocycles. The maximum absolute atomic E-state index is 10.4. The lowest BCUT2D eigenvalue weighted by atomic mass is 10.2. The van der Waals surface area contributed by atoms with E-state index in [1.54, 1.807) is 0 Å². The summed E-state index contributed by atoms with van der Waals surface area (Å²) in [7, 11) is -3.46. The molecule has 3 N–H and O–H groups in total. The van der Waals surface area contributed by atoms with Crippen LogP contribution in [0.2, 0.25) is 0 Å². The molecule has 19 heavy (non-hydrogen) atoms. The van der Waals surface area contributed by atoms with Crippen LogP contribution in [-0.2, 0) is 14.9 Å². The number of hydrogen-bond donors (Lipinski definition) is 3. The fraction of sp³-hybridized carbons (Fsp3) is 0.455. The molecule has 0 heterocycles. The normalized spacial score (nSPS) is 11.6. The SMILES string of the molecule is O=S(=O)(O)SCNCNCCSCc1ccccc1. The van der Waals surface area contributed by atoms with Gasteiger partial charge in [-0.05, 0) is 5.56 Å². The van der Waals surface area contributed by atoms with Crippen molar-refractivity contribution in [2.24, 2.45) is 0 Å². The van der Waals surface area contributed by atoms with Crippen LogP contribution in [0.25, 0.3) is 0 Å². The second kappa shape index (κ2) is 9.62. The lowest BCUT2D eigenvalue weighted by molar-refractivity contribution is 0.502. The Bertz CT molecular complexity index is 440. The van der Waals surface area contributed by atoms with E-state index in [0.717, 1.165) is 18.1 Å². The summed E-state index contributed by atoms with van der Waals surface area (Å²) in [5.74, 6) is 2.15. The fourth-order valence-electron chi connectivity index (χ4n) is 1.25. The molecule has 0 saturated carbocycles. The van der Waals surface area contributed by atoms with Gasteiger partial charge in [0.15, 0.2) is 0 Å². The standard InChI is InChI=1S/C11H18N2O3S3/c14-19(15,16)18-10-13-9-12-6-7-17-8-11-4-2-1-3-5-11/h1-5,12-13H,6-10H2,(H,14,15,16). The number of thioether (sulfide) groups is 1. The number of hydrogen-bond acceptors (Lipinski definition) is 6. The highest BCUT2D eigenvalue weighted by Gasteiger charge is 2.02. The zero-order valence-electron chi connectivity index (χ0n) is 10.4. The Morgan fingerprint density at radius 1 is 1.16 bits per heavy atom. The van der Waals surface area contributed by atoms with Gasteiger partial charge < -0.3 is 5.32 Å². The third-order valence-corrected chi connectivity index (χ3v) is 4.99. The van der Waals surface area contributed by atoms with E-state index in [0.29, 0.717) is 17.5 Å². The average molecular weight is 322 g/mol. The molecule has 0 bridgehead atoms. The summed E-state index contributed by atoms with van der Waals surface area (Å²) in [5.41, 5.74) is 1.31. The molecule has 0 radical (unpaired) electrons. The molecule has 0 unspecified atom stereocenters. The van der Waals surface area contributed by atoms with E-state index < -0.39 is 9.15 Å². The second-order valence-corrected chi connectivity index (χ2v) is 8.11. The molecule has 0 aliphatic carbocycles. The van der Waals surface area contributed by atoms with Gasteiger partial charge in [0.05, 0.1) is 5.88 Å². The first-order valence-corrected chi connectivity index (χ1v) is 9.82. The first kappa shape index (κ1) is 16.8. The Balaban J connectivity index is 1.89. The molecule has 0 aliphatic rings. The first-order valence-electron chi connectivity index (χ1n) is 5.73. The zero-order valence-corrected chi connectivity index (χ0v) is 12.9. The van der Waals surface area contributed by atoms with Gasteiger partial charge in [0.2, 0.25) is 0 Å². The van der Waals surface area contributed by atoms with Crippen LogP contribution in [0.1, 0.15) is 5.56 Å². The van der Waals surface area contributed by atoms with Crippen LogP contribution in [-0.4, -0.2) is 37.8 Å². The molecule has 8 heteroatoms. The van der Waals surface area contributed by atoms with E-state index >= 15 is 0 Å². The Morgan fingerprint density at radius 2 is 1.89 bits per heavy atom. The van der Waals surface area contributed by atoms with Gasteiger partial charge in [0, 0.05) is 35.5 Å². The molecule has 5 nitrogen and oxygen atoms in total. The Morgan fingerprint density at radius 3 is 2.58 bits per heavy atom. The number of nitrogens with one attached hydrogen (secondary N) is 2. The van der Waals surface area contributed by atoms with Gasteiger partial charge in [0.25, 0.3) is 0 Å². The number of benzene rings is 1. The molecule has 1 aromatic carbocycles. The highest BCUT2D eigenvalue weighted by molar-refractivity contribution is 8.69. The van der Waals surface area contributed by atoms with Crippen molar-refractivity contribution in [3.8, 4) is 0 Å². The molecule has 1 aromatic rings. The molecule has 1 rings (SSSR count). The lowest BCUT2D eigenvalue weighted by Gasteiger charge is -2.06. The van der Waals surface area contributed by atoms with Gasteiger partial charge >= 0.3 is 9.15 Å². The molecule has 0 amide bonds. The van der Waals surface area contributed by atoms with Crippen LogP contribution in [0.5, 0.6) is 0 Å². The van der Waals surface area contributed by atoms with Gasteiger partial charge in [0.1, 0.15) is 0 Å². The second-order valence-electron chi connectivity index (χ2n) is 3.65. The quantitative estimate of drug-likeness (QED) is 0.261. The molecular formula is C11H18N2O3S3. The van der Waals surface area contributed by atoms with Crippen molar-refractivity contribution in [1.29, 1.82) is 0 Å². The predicted molar refractivity (Wildman–Crippen MR) is 82.6 cm³/mol. The summed E-state index contributed by atoms with van der Waals surface area (Å²) in [4.78, 5) is 0. The van der Waals surface area contributed by atoms with E-state index in [-0.39, 0.29) is 5.88 Å². The average Bonchev–Trinajstić information content (AvgIpc) is 2.37. The van der Waals surface area contributed by atoms with E-state index in [2.05, 4.69) is 22.8 Å². The van der Waals surface area contributed by atoms with Crippen LogP contribution in [0.15, 0.2) is 30.3 Å². The smallest absolute Gasteiger partial charge is 0.304 e. The van der Waals surface area contributed by atoms with E-state index in [4.69, 9.17) is 4.55 Å². The summed E-state index contributed by atoms with van der Waals surface area (Å²) < 4.78 is 29.3. The Labute approximate surface area is 122 Å². The molecule has 0 saturated heterocycles. The van der Waals surface area contributed by atoms with Crippen LogP contribution in [0.4, 0.5) is 0 Å². The van der Waals surface area contributed by atoms with Crippen molar-refractivity contribution >= 4 is 31.7 Å². The van der Waals surface area contributed by atoms with Crippen LogP contribution >= 0.6 is 22.6 Å². The predicted octanol–water partition coefficient (Wildman–Crippen LogP) is 1.55. The Hall–Kier alpha value is -0.250. The third kappa shape index (κ3) is 10.2. The molecule has 108 valence electrons. The van der Waals surface area contributed by atoms with Crippen molar-refractivity contribution in [2.45, 2.75) is 5.75 Å². The molecule has 0 spiro atoms. The molecular weight excluding hydrogens is 304 g/mol. The minimum Gasteiger partial charge on any atom is -0.304 e. The van der Waals surface area contributed by atoms with Crippen molar-refractivity contribution < 1.29 is 13.0 Å². The zero-order chi connectivity index (χ0) is 14.0. The minimum absolute atomic E-state index is 0.170. The summed E-state index contributed by atoms with van der Waals surface area (Å²) in [6.07, 6.45) is 0. The van der Waals surface area contributed by atoms with Crippen LogP contribution in [0, 0.1) is 0 Å². The van der Waals surface area contributed by atoms with Crippen molar-refractivity contribution in [3.05, 3.63) is 35.9 Å². The van der Waals surface area contributed by atoms with Crippen LogP contribution < -0.4 is 10.6 Å². The van der Waals surface area contributed by atoms with E-state index in [9.17, 15) is 8.42 Å². The molecule has 0 fully saturated rings. The van der Waals surface area contributed by atoms with Gasteiger partial charge in [-0.1, -0.05) is 30.3 Å². The first-order chi connectivity index (χ1) is 9.08. The summed E-state index contributed by atoms with van der Waals surface area (Å²) in [6.45, 7) is 1.37. The number of rotatable bonds is 10. The van der Waals surface area contributed by atoms with Crippen molar-refractivity contribution in [1.82, 2.24) is 10.6 Å². The Kier molecular flexibility index (Phi) is 8.51. The largest absolute Gasteiger partial charge is 0.320 e. The van der Waals surface area contributed by atoms with Crippen LogP contribution in [0.3, 0.4) is 0 Å². The van der Waals surface area contributed by atoms with Crippen molar-refractivity contribution in [2.75, 3.05) is 24.8 Å². The van der Waals surface area contributed by atoms with Gasteiger partial charge in [-0.15, -0.1) is 0 Å². The summed E-state index contributed by atoms with van der Waals surface area (Å²) in [6, 6.07) is 10.3. The van der Waals surface area contributed by atoms with Gasteiger partial charge in [-0.2, -0.15) is 20.2 Å². The molecule has 0 aliphatic heterocycles. The minimum atomic E-state index is -3.93. The van der Waals surface area contributed by atoms with Crippen molar-refractivity contribution in [3.63, 3.8) is 0 Å². The topological polar surface area (TPSA) is 78.4 Å². The highest BCUT2D eigenvalue weighted by Crippen LogP contribution is 2.10. The fourth-order valence-corrected chi connectivity index (χ4v) is 3.14. The van der Waals surface area contributed by atoms with E-state index in [1.807, 2.05) is 30.0 Å². The third-order valence-electron chi connectivity index (χ3n) is 2.09. The lowest BCUT2D eigenvalue weighted by Crippen LogP contribution is -2.30.